The molecule has 15 heavy (non-hydrogen) atoms. The molecule has 0 aliphatic rings. The lowest BCUT2D eigenvalue weighted by Gasteiger charge is -2.09. The number of halogens is 1. The van der Waals surface area contributed by atoms with Gasteiger partial charge in [0, 0.05) is 17.3 Å². The Bertz CT molecular complexity index is 324. The van der Waals surface area contributed by atoms with Crippen LogP contribution < -0.4 is 5.32 Å². The number of hydrogen-bond acceptors (Lipinski definition) is 2. The highest BCUT2D eigenvalue weighted by Crippen LogP contribution is 2.14. The van der Waals surface area contributed by atoms with Gasteiger partial charge in [-0.25, -0.2) is 0 Å². The molecule has 1 atom stereocenters. The fraction of sp³-hybridized carbons (Fsp3) is 0.545. The van der Waals surface area contributed by atoms with Crippen LogP contribution in [0, 0.1) is 12.8 Å². The summed E-state index contributed by atoms with van der Waals surface area (Å²) in [6, 6.07) is 3.82. The zero-order valence-electron chi connectivity index (χ0n) is 9.05. The highest BCUT2D eigenvalue weighted by molar-refractivity contribution is 7.13. The quantitative estimate of drug-likeness (QED) is 0.794. The highest BCUT2D eigenvalue weighted by atomic mass is 35.5. The lowest BCUT2D eigenvalue weighted by molar-refractivity contribution is 0.0952. The number of hydrogen-bond donors (Lipinski definition) is 1. The van der Waals surface area contributed by atoms with E-state index in [1.807, 2.05) is 19.1 Å². The Labute approximate surface area is 99.6 Å². The number of aryl methyl sites for hydroxylation is 1. The van der Waals surface area contributed by atoms with Gasteiger partial charge in [-0.2, -0.15) is 0 Å². The summed E-state index contributed by atoms with van der Waals surface area (Å²) in [4.78, 5) is 13.6. The summed E-state index contributed by atoms with van der Waals surface area (Å²) in [5, 5.41) is 2.91. The van der Waals surface area contributed by atoms with Crippen LogP contribution in [0.5, 0.6) is 0 Å². The first-order valence-electron chi connectivity index (χ1n) is 5.04. The molecule has 1 unspecified atom stereocenters. The lowest BCUT2D eigenvalue weighted by Crippen LogP contribution is -2.27. The number of alkyl halides is 1. The van der Waals surface area contributed by atoms with Crippen molar-refractivity contribution in [2.45, 2.75) is 20.3 Å². The van der Waals surface area contributed by atoms with E-state index in [9.17, 15) is 4.79 Å². The van der Waals surface area contributed by atoms with E-state index in [1.54, 1.807) is 0 Å². The average Bonchev–Trinajstić information content (AvgIpc) is 2.62. The summed E-state index contributed by atoms with van der Waals surface area (Å²) in [7, 11) is 0. The molecule has 2 nitrogen and oxygen atoms in total. The Morgan fingerprint density at radius 3 is 2.87 bits per heavy atom. The minimum absolute atomic E-state index is 0.0227. The second kappa shape index (κ2) is 6.13. The van der Waals surface area contributed by atoms with Gasteiger partial charge in [-0.05, 0) is 31.4 Å². The summed E-state index contributed by atoms with van der Waals surface area (Å²) in [6.45, 7) is 4.78. The minimum atomic E-state index is 0.0227. The first kappa shape index (κ1) is 12.5. The molecule has 84 valence electrons. The molecule has 0 saturated heterocycles. The number of carbonyl (C=O) groups is 1. The predicted molar refractivity (Wildman–Crippen MR) is 65.9 cm³/mol. The standard InChI is InChI=1S/C11H16ClNOS/c1-8(5-6-12)7-13-11(14)10-4-3-9(2)15-10/h3-4,8H,5-7H2,1-2H3,(H,13,14). The van der Waals surface area contributed by atoms with Crippen molar-refractivity contribution in [3.63, 3.8) is 0 Å². The number of thiophene rings is 1. The first-order chi connectivity index (χ1) is 7.13. The zero-order valence-corrected chi connectivity index (χ0v) is 10.6. The van der Waals surface area contributed by atoms with Crippen LogP contribution in [0.2, 0.25) is 0 Å². The second-order valence-corrected chi connectivity index (χ2v) is 5.37. The van der Waals surface area contributed by atoms with Crippen molar-refractivity contribution in [3.05, 3.63) is 21.9 Å². The van der Waals surface area contributed by atoms with Crippen molar-refractivity contribution in [2.24, 2.45) is 5.92 Å². The van der Waals surface area contributed by atoms with Gasteiger partial charge in [0.15, 0.2) is 0 Å². The van der Waals surface area contributed by atoms with E-state index in [-0.39, 0.29) is 5.91 Å². The minimum Gasteiger partial charge on any atom is -0.351 e. The number of nitrogens with one attached hydrogen (secondary N) is 1. The van der Waals surface area contributed by atoms with Crippen LogP contribution in [-0.2, 0) is 0 Å². The molecule has 1 aromatic heterocycles. The molecule has 1 heterocycles. The molecule has 0 aromatic carbocycles. The third-order valence-electron chi connectivity index (χ3n) is 2.18. The molecule has 1 N–H and O–H groups in total. The smallest absolute Gasteiger partial charge is 0.261 e. The van der Waals surface area contributed by atoms with Crippen LogP contribution in [0.15, 0.2) is 12.1 Å². The van der Waals surface area contributed by atoms with E-state index in [4.69, 9.17) is 11.6 Å². The van der Waals surface area contributed by atoms with Crippen molar-refractivity contribution in [1.29, 1.82) is 0 Å². The maximum absolute atomic E-state index is 11.6. The number of amides is 1. The van der Waals surface area contributed by atoms with E-state index in [0.717, 1.165) is 16.2 Å². The average molecular weight is 246 g/mol. The van der Waals surface area contributed by atoms with Gasteiger partial charge in [0.25, 0.3) is 5.91 Å². The predicted octanol–water partition coefficient (Wildman–Crippen LogP) is 3.05. The molecule has 4 heteroatoms. The van der Waals surface area contributed by atoms with Crippen LogP contribution in [0.1, 0.15) is 27.9 Å². The molecular weight excluding hydrogens is 230 g/mol. The molecule has 0 aliphatic carbocycles. The van der Waals surface area contributed by atoms with Gasteiger partial charge in [-0.1, -0.05) is 6.92 Å². The van der Waals surface area contributed by atoms with E-state index in [0.29, 0.717) is 18.3 Å². The molecule has 1 rings (SSSR count). The molecule has 0 spiro atoms. The van der Waals surface area contributed by atoms with Gasteiger partial charge in [-0.3, -0.25) is 4.79 Å². The molecule has 0 radical (unpaired) electrons. The molecule has 1 aromatic rings. The Balaban J connectivity index is 2.36. The number of carbonyl (C=O) groups excluding carboxylic acids is 1. The van der Waals surface area contributed by atoms with Crippen molar-refractivity contribution in [3.8, 4) is 0 Å². The van der Waals surface area contributed by atoms with E-state index in [2.05, 4.69) is 12.2 Å². The van der Waals surface area contributed by atoms with Crippen LogP contribution in [-0.4, -0.2) is 18.3 Å². The van der Waals surface area contributed by atoms with Gasteiger partial charge in [-0.15, -0.1) is 22.9 Å². The summed E-state index contributed by atoms with van der Waals surface area (Å²) in [5.41, 5.74) is 0. The molecule has 0 saturated carbocycles. The maximum Gasteiger partial charge on any atom is 0.261 e. The third-order valence-corrected chi connectivity index (χ3v) is 3.39. The zero-order chi connectivity index (χ0) is 11.3. The fourth-order valence-corrected chi connectivity index (χ4v) is 2.36. The monoisotopic (exact) mass is 245 g/mol. The Kier molecular flexibility index (Phi) is 5.12. The Morgan fingerprint density at radius 1 is 1.60 bits per heavy atom. The van der Waals surface area contributed by atoms with Crippen molar-refractivity contribution in [1.82, 2.24) is 5.32 Å². The largest absolute Gasteiger partial charge is 0.351 e. The van der Waals surface area contributed by atoms with Crippen LogP contribution in [0.25, 0.3) is 0 Å². The topological polar surface area (TPSA) is 29.1 Å². The highest BCUT2D eigenvalue weighted by Gasteiger charge is 2.09. The van der Waals surface area contributed by atoms with Gasteiger partial charge in [0.1, 0.15) is 0 Å². The first-order valence-corrected chi connectivity index (χ1v) is 6.39. The van der Waals surface area contributed by atoms with Crippen LogP contribution in [0.3, 0.4) is 0 Å². The van der Waals surface area contributed by atoms with Crippen LogP contribution in [0.4, 0.5) is 0 Å². The third kappa shape index (κ3) is 4.22. The molecular formula is C11H16ClNOS. The molecule has 0 aliphatic heterocycles. The van der Waals surface area contributed by atoms with Crippen LogP contribution >= 0.6 is 22.9 Å². The van der Waals surface area contributed by atoms with Gasteiger partial charge in [0.2, 0.25) is 0 Å². The van der Waals surface area contributed by atoms with E-state index in [1.165, 1.54) is 11.3 Å². The van der Waals surface area contributed by atoms with E-state index >= 15 is 0 Å². The van der Waals surface area contributed by atoms with Crippen molar-refractivity contribution in [2.75, 3.05) is 12.4 Å². The maximum atomic E-state index is 11.6. The Hall–Kier alpha value is -0.540. The molecule has 0 fully saturated rings. The van der Waals surface area contributed by atoms with Crippen molar-refractivity contribution < 1.29 is 4.79 Å². The molecule has 0 bridgehead atoms. The Morgan fingerprint density at radius 2 is 2.33 bits per heavy atom. The van der Waals surface area contributed by atoms with Gasteiger partial charge < -0.3 is 5.32 Å². The summed E-state index contributed by atoms with van der Waals surface area (Å²) in [6.07, 6.45) is 0.936. The van der Waals surface area contributed by atoms with E-state index < -0.39 is 0 Å². The summed E-state index contributed by atoms with van der Waals surface area (Å²) in [5.74, 6) is 1.11. The van der Waals surface area contributed by atoms with Crippen molar-refractivity contribution >= 4 is 28.8 Å². The fourth-order valence-electron chi connectivity index (χ4n) is 1.20. The normalized spacial score (nSPS) is 12.5. The number of rotatable bonds is 5. The second-order valence-electron chi connectivity index (χ2n) is 3.70. The summed E-state index contributed by atoms with van der Waals surface area (Å²) >= 11 is 7.14. The van der Waals surface area contributed by atoms with Gasteiger partial charge >= 0.3 is 0 Å². The molecule has 1 amide bonds. The van der Waals surface area contributed by atoms with Gasteiger partial charge in [0.05, 0.1) is 4.88 Å². The summed E-state index contributed by atoms with van der Waals surface area (Å²) < 4.78 is 0. The lowest BCUT2D eigenvalue weighted by atomic mass is 10.1. The SMILES string of the molecule is Cc1ccc(C(=O)NCC(C)CCCl)s1.